The average Bonchev–Trinajstić information content (AvgIpc) is 2.84. The number of imidazole rings is 1. The normalized spacial score (nSPS) is 13.0. The van der Waals surface area contributed by atoms with E-state index in [-0.39, 0.29) is 0 Å². The summed E-state index contributed by atoms with van der Waals surface area (Å²) in [7, 11) is 0. The molecule has 0 aliphatic carbocycles. The number of pyridine rings is 1. The Morgan fingerprint density at radius 2 is 1.90 bits per heavy atom. The van der Waals surface area contributed by atoms with E-state index in [2.05, 4.69) is 26.7 Å². The third-order valence-corrected chi connectivity index (χ3v) is 3.49. The van der Waals surface area contributed by atoms with Crippen LogP contribution in [-0.4, -0.2) is 21.1 Å². The van der Waals surface area contributed by atoms with E-state index in [1.54, 1.807) is 6.20 Å². The quantitative estimate of drug-likeness (QED) is 0.677. The molecule has 2 aromatic heterocycles. The van der Waals surface area contributed by atoms with E-state index in [0.29, 0.717) is 12.5 Å². The van der Waals surface area contributed by atoms with Crippen LogP contribution in [0.2, 0.25) is 0 Å². The molecular weight excluding hydrogens is 250 g/mol. The lowest BCUT2D eigenvalue weighted by molar-refractivity contribution is 0.296. The SMILES string of the molecule is c1ccc(-c2cnc3n2CCOc2ncccc2-3)cc1. The molecule has 0 radical (unpaired) electrons. The van der Waals surface area contributed by atoms with E-state index in [9.17, 15) is 0 Å². The van der Waals surface area contributed by atoms with Crippen LogP contribution in [0.4, 0.5) is 0 Å². The van der Waals surface area contributed by atoms with Crippen molar-refractivity contribution in [3.8, 4) is 28.5 Å². The molecule has 1 aromatic carbocycles. The Morgan fingerprint density at radius 1 is 1.00 bits per heavy atom. The Hall–Kier alpha value is -2.62. The summed E-state index contributed by atoms with van der Waals surface area (Å²) in [6, 6.07) is 14.2. The summed E-state index contributed by atoms with van der Waals surface area (Å²) in [5, 5.41) is 0. The fraction of sp³-hybridized carbons (Fsp3) is 0.125. The molecule has 1 aliphatic rings. The van der Waals surface area contributed by atoms with Gasteiger partial charge in [0.15, 0.2) is 0 Å². The molecule has 4 nitrogen and oxygen atoms in total. The standard InChI is InChI=1S/C16H13N3O/c1-2-5-12(6-3-1)14-11-18-15-13-7-4-8-17-16(13)20-10-9-19(14)15/h1-8,11H,9-10H2. The minimum atomic E-state index is 0.604. The van der Waals surface area contributed by atoms with Gasteiger partial charge in [-0.1, -0.05) is 30.3 Å². The second-order valence-corrected chi connectivity index (χ2v) is 4.69. The van der Waals surface area contributed by atoms with Crippen LogP contribution in [0.5, 0.6) is 5.88 Å². The summed E-state index contributed by atoms with van der Waals surface area (Å²) in [5.41, 5.74) is 3.23. The minimum Gasteiger partial charge on any atom is -0.475 e. The summed E-state index contributed by atoms with van der Waals surface area (Å²) in [5.74, 6) is 1.58. The molecule has 0 N–H and O–H groups in total. The molecule has 3 aromatic rings. The number of hydrogen-bond acceptors (Lipinski definition) is 3. The lowest BCUT2D eigenvalue weighted by Crippen LogP contribution is -2.07. The van der Waals surface area contributed by atoms with Gasteiger partial charge >= 0.3 is 0 Å². The molecule has 0 atom stereocenters. The molecule has 0 unspecified atom stereocenters. The number of nitrogens with zero attached hydrogens (tertiary/aromatic N) is 3. The van der Waals surface area contributed by atoms with Crippen molar-refractivity contribution in [1.29, 1.82) is 0 Å². The summed E-state index contributed by atoms with van der Waals surface area (Å²) in [6.45, 7) is 1.38. The number of ether oxygens (including phenoxy) is 1. The highest BCUT2D eigenvalue weighted by molar-refractivity contribution is 5.68. The second kappa shape index (κ2) is 4.49. The van der Waals surface area contributed by atoms with Gasteiger partial charge < -0.3 is 9.30 Å². The molecule has 0 saturated carbocycles. The van der Waals surface area contributed by atoms with Crippen molar-refractivity contribution in [3.63, 3.8) is 0 Å². The van der Waals surface area contributed by atoms with E-state index in [0.717, 1.165) is 23.6 Å². The van der Waals surface area contributed by atoms with Crippen LogP contribution in [-0.2, 0) is 6.54 Å². The fourth-order valence-corrected chi connectivity index (χ4v) is 2.57. The number of hydrogen-bond donors (Lipinski definition) is 0. The van der Waals surface area contributed by atoms with Gasteiger partial charge in [-0.25, -0.2) is 9.97 Å². The highest BCUT2D eigenvalue weighted by Crippen LogP contribution is 2.32. The van der Waals surface area contributed by atoms with Crippen LogP contribution in [0.25, 0.3) is 22.6 Å². The van der Waals surface area contributed by atoms with Crippen molar-refractivity contribution in [2.75, 3.05) is 6.61 Å². The minimum absolute atomic E-state index is 0.604. The van der Waals surface area contributed by atoms with E-state index in [1.807, 2.05) is 36.5 Å². The first-order valence-corrected chi connectivity index (χ1v) is 6.62. The van der Waals surface area contributed by atoms with Crippen LogP contribution in [0.15, 0.2) is 54.9 Å². The lowest BCUT2D eigenvalue weighted by Gasteiger charge is -2.08. The first kappa shape index (κ1) is 11.2. The van der Waals surface area contributed by atoms with Gasteiger partial charge in [-0.3, -0.25) is 0 Å². The van der Waals surface area contributed by atoms with Gasteiger partial charge in [0, 0.05) is 6.20 Å². The van der Waals surface area contributed by atoms with Gasteiger partial charge in [0.25, 0.3) is 0 Å². The summed E-state index contributed by atoms with van der Waals surface area (Å²) in [6.07, 6.45) is 3.67. The van der Waals surface area contributed by atoms with Crippen LogP contribution in [0.1, 0.15) is 0 Å². The van der Waals surface area contributed by atoms with Crippen molar-refractivity contribution in [2.24, 2.45) is 0 Å². The maximum Gasteiger partial charge on any atom is 0.224 e. The zero-order valence-corrected chi connectivity index (χ0v) is 10.9. The summed E-state index contributed by atoms with van der Waals surface area (Å²) >= 11 is 0. The zero-order valence-electron chi connectivity index (χ0n) is 10.9. The fourth-order valence-electron chi connectivity index (χ4n) is 2.57. The third-order valence-electron chi connectivity index (χ3n) is 3.49. The molecule has 0 fully saturated rings. The third kappa shape index (κ3) is 1.69. The van der Waals surface area contributed by atoms with Crippen molar-refractivity contribution in [1.82, 2.24) is 14.5 Å². The van der Waals surface area contributed by atoms with E-state index in [1.165, 1.54) is 5.56 Å². The smallest absolute Gasteiger partial charge is 0.224 e. The molecule has 1 aliphatic heterocycles. The van der Waals surface area contributed by atoms with Gasteiger partial charge in [-0.2, -0.15) is 0 Å². The predicted octanol–water partition coefficient (Wildman–Crippen LogP) is 3.00. The van der Waals surface area contributed by atoms with Crippen molar-refractivity contribution in [2.45, 2.75) is 6.54 Å². The number of benzene rings is 1. The number of fused-ring (bicyclic) bond motifs is 3. The molecule has 0 spiro atoms. The molecule has 0 saturated heterocycles. The van der Waals surface area contributed by atoms with Gasteiger partial charge in [-0.05, 0) is 17.7 Å². The van der Waals surface area contributed by atoms with Crippen LogP contribution < -0.4 is 4.74 Å². The van der Waals surface area contributed by atoms with Gasteiger partial charge in [0.1, 0.15) is 12.4 Å². The lowest BCUT2D eigenvalue weighted by atomic mass is 10.1. The van der Waals surface area contributed by atoms with E-state index in [4.69, 9.17) is 4.74 Å². The molecule has 0 bridgehead atoms. The topological polar surface area (TPSA) is 39.9 Å². The Balaban J connectivity index is 1.92. The van der Waals surface area contributed by atoms with Crippen molar-refractivity contribution >= 4 is 0 Å². The molecule has 4 rings (SSSR count). The first-order chi connectivity index (χ1) is 9.93. The summed E-state index contributed by atoms with van der Waals surface area (Å²) in [4.78, 5) is 8.86. The Bertz CT molecular complexity index is 749. The molecule has 3 heterocycles. The maximum atomic E-state index is 5.71. The highest BCUT2D eigenvalue weighted by atomic mass is 16.5. The van der Waals surface area contributed by atoms with E-state index < -0.39 is 0 Å². The molecule has 0 amide bonds. The second-order valence-electron chi connectivity index (χ2n) is 4.69. The van der Waals surface area contributed by atoms with Gasteiger partial charge in [0.05, 0.1) is 24.0 Å². The maximum absolute atomic E-state index is 5.71. The van der Waals surface area contributed by atoms with Gasteiger partial charge in [-0.15, -0.1) is 0 Å². The first-order valence-electron chi connectivity index (χ1n) is 6.62. The molecule has 4 heteroatoms. The average molecular weight is 263 g/mol. The van der Waals surface area contributed by atoms with Crippen LogP contribution in [0.3, 0.4) is 0 Å². The molecular formula is C16H13N3O. The predicted molar refractivity (Wildman–Crippen MR) is 76.4 cm³/mol. The Morgan fingerprint density at radius 3 is 2.80 bits per heavy atom. The Kier molecular flexibility index (Phi) is 2.52. The number of aromatic nitrogens is 3. The molecule has 98 valence electrons. The van der Waals surface area contributed by atoms with Crippen molar-refractivity contribution in [3.05, 3.63) is 54.9 Å². The van der Waals surface area contributed by atoms with E-state index >= 15 is 0 Å². The zero-order chi connectivity index (χ0) is 13.4. The number of rotatable bonds is 1. The van der Waals surface area contributed by atoms with Crippen LogP contribution >= 0.6 is 0 Å². The largest absolute Gasteiger partial charge is 0.475 e. The van der Waals surface area contributed by atoms with Crippen LogP contribution in [0, 0.1) is 0 Å². The highest BCUT2D eigenvalue weighted by Gasteiger charge is 2.20. The summed E-state index contributed by atoms with van der Waals surface area (Å²) < 4.78 is 7.91. The molecule has 20 heavy (non-hydrogen) atoms. The van der Waals surface area contributed by atoms with Gasteiger partial charge in [0.2, 0.25) is 5.88 Å². The monoisotopic (exact) mass is 263 g/mol. The van der Waals surface area contributed by atoms with Crippen molar-refractivity contribution < 1.29 is 4.74 Å². The Labute approximate surface area is 116 Å².